The molecule has 2 aromatic rings. The van der Waals surface area contributed by atoms with Gasteiger partial charge in [-0.05, 0) is 43.5 Å². The molecule has 0 spiro atoms. The Balaban J connectivity index is 0.00000108. The van der Waals surface area contributed by atoms with Crippen molar-refractivity contribution in [2.45, 2.75) is 18.9 Å². The van der Waals surface area contributed by atoms with Gasteiger partial charge in [0.05, 0.1) is 0 Å². The number of benzene rings is 1. The Hall–Kier alpha value is -1.12. The lowest BCUT2D eigenvalue weighted by atomic mass is 9.87. The van der Waals surface area contributed by atoms with Crippen molar-refractivity contribution in [2.75, 3.05) is 14.1 Å². The first kappa shape index (κ1) is 12.3. The van der Waals surface area contributed by atoms with Crippen molar-refractivity contribution in [3.63, 3.8) is 0 Å². The highest BCUT2D eigenvalue weighted by Crippen LogP contribution is 2.29. The second-order valence-electron chi connectivity index (χ2n) is 4.84. The predicted octanol–water partition coefficient (Wildman–Crippen LogP) is 2.69. The van der Waals surface area contributed by atoms with Gasteiger partial charge >= 0.3 is 0 Å². The summed E-state index contributed by atoms with van der Waals surface area (Å²) in [5, 5.41) is 2.72. The van der Waals surface area contributed by atoms with E-state index in [-0.39, 0.29) is 12.4 Å². The molecule has 0 bridgehead atoms. The first-order valence-corrected chi connectivity index (χ1v) is 5.76. The monoisotopic (exact) mass is 248 g/mol. The fourth-order valence-electron chi connectivity index (χ4n) is 2.66. The molecular weight excluding hydrogens is 232 g/mol. The minimum absolute atomic E-state index is 0. The molecule has 1 aromatic heterocycles. The van der Waals surface area contributed by atoms with Crippen LogP contribution in [0.3, 0.4) is 0 Å². The number of hydrogen-bond acceptors (Lipinski definition) is 2. The lowest BCUT2D eigenvalue weighted by Gasteiger charge is -2.29. The molecule has 0 N–H and O–H groups in total. The largest absolute Gasteiger partial charge is 0.306 e. The maximum absolute atomic E-state index is 4.33. The Morgan fingerprint density at radius 3 is 2.65 bits per heavy atom. The number of pyridine rings is 1. The highest BCUT2D eigenvalue weighted by Gasteiger charge is 2.21. The van der Waals surface area contributed by atoms with Crippen LogP contribution >= 0.6 is 12.4 Å². The van der Waals surface area contributed by atoms with Crippen molar-refractivity contribution in [3.05, 3.63) is 41.7 Å². The molecule has 3 heteroatoms. The Morgan fingerprint density at radius 2 is 1.88 bits per heavy atom. The van der Waals surface area contributed by atoms with Crippen molar-refractivity contribution in [1.82, 2.24) is 9.88 Å². The minimum atomic E-state index is 0. The van der Waals surface area contributed by atoms with Crippen LogP contribution in [0.5, 0.6) is 0 Å². The second kappa shape index (κ2) is 4.63. The van der Waals surface area contributed by atoms with Crippen LogP contribution in [-0.2, 0) is 12.8 Å². The Kier molecular flexibility index (Phi) is 3.36. The summed E-state index contributed by atoms with van der Waals surface area (Å²) in [5.74, 6) is 0. The summed E-state index contributed by atoms with van der Waals surface area (Å²) in [6, 6.07) is 7.16. The smallest absolute Gasteiger partial charge is 0.0346 e. The summed E-state index contributed by atoms with van der Waals surface area (Å²) in [5.41, 5.74) is 2.87. The Morgan fingerprint density at radius 1 is 1.12 bits per heavy atom. The minimum Gasteiger partial charge on any atom is -0.306 e. The van der Waals surface area contributed by atoms with Gasteiger partial charge in [0.2, 0.25) is 0 Å². The summed E-state index contributed by atoms with van der Waals surface area (Å²) in [6.45, 7) is 0. The fraction of sp³-hybridized carbons (Fsp3) is 0.357. The van der Waals surface area contributed by atoms with Crippen LogP contribution < -0.4 is 0 Å². The normalized spacial score (nSPS) is 18.2. The molecule has 1 aliphatic carbocycles. The van der Waals surface area contributed by atoms with Gasteiger partial charge in [0.1, 0.15) is 0 Å². The van der Waals surface area contributed by atoms with Crippen LogP contribution in [0.1, 0.15) is 11.1 Å². The van der Waals surface area contributed by atoms with Crippen LogP contribution in [0.15, 0.2) is 30.6 Å². The quantitative estimate of drug-likeness (QED) is 0.772. The van der Waals surface area contributed by atoms with E-state index in [0.717, 1.165) is 12.8 Å². The molecule has 0 aliphatic heterocycles. The van der Waals surface area contributed by atoms with Gasteiger partial charge < -0.3 is 4.90 Å². The van der Waals surface area contributed by atoms with Crippen LogP contribution in [-0.4, -0.2) is 30.0 Å². The molecule has 0 amide bonds. The van der Waals surface area contributed by atoms with Crippen LogP contribution in [0.2, 0.25) is 0 Å². The second-order valence-corrected chi connectivity index (χ2v) is 4.84. The number of aromatic nitrogens is 1. The predicted molar refractivity (Wildman–Crippen MR) is 73.9 cm³/mol. The Bertz CT molecular complexity index is 496. The van der Waals surface area contributed by atoms with E-state index >= 15 is 0 Å². The summed E-state index contributed by atoms with van der Waals surface area (Å²) < 4.78 is 0. The van der Waals surface area contributed by atoms with E-state index in [1.165, 1.54) is 21.9 Å². The third-order valence-electron chi connectivity index (χ3n) is 3.59. The zero-order valence-electron chi connectivity index (χ0n) is 10.2. The lowest BCUT2D eigenvalue weighted by Crippen LogP contribution is -2.34. The van der Waals surface area contributed by atoms with Gasteiger partial charge in [0.15, 0.2) is 0 Å². The van der Waals surface area contributed by atoms with E-state index in [0.29, 0.717) is 6.04 Å². The molecule has 2 nitrogen and oxygen atoms in total. The van der Waals surface area contributed by atoms with E-state index in [1.54, 1.807) is 0 Å². The molecule has 3 rings (SSSR count). The molecule has 1 atom stereocenters. The van der Waals surface area contributed by atoms with Crippen molar-refractivity contribution in [2.24, 2.45) is 0 Å². The van der Waals surface area contributed by atoms with Gasteiger partial charge in [-0.15, -0.1) is 12.4 Å². The van der Waals surface area contributed by atoms with E-state index in [1.807, 2.05) is 12.4 Å². The third-order valence-corrected chi connectivity index (χ3v) is 3.59. The third kappa shape index (κ3) is 2.03. The van der Waals surface area contributed by atoms with E-state index in [4.69, 9.17) is 0 Å². The van der Waals surface area contributed by atoms with Crippen LogP contribution in [0.4, 0.5) is 0 Å². The summed E-state index contributed by atoms with van der Waals surface area (Å²) >= 11 is 0. The van der Waals surface area contributed by atoms with Crippen molar-refractivity contribution in [3.8, 4) is 0 Å². The molecule has 1 aromatic carbocycles. The first-order valence-electron chi connectivity index (χ1n) is 5.76. The maximum atomic E-state index is 4.33. The fourth-order valence-corrected chi connectivity index (χ4v) is 2.66. The van der Waals surface area contributed by atoms with Crippen LogP contribution in [0.25, 0.3) is 10.8 Å². The molecule has 0 radical (unpaired) electrons. The van der Waals surface area contributed by atoms with Gasteiger partial charge in [0.25, 0.3) is 0 Å². The summed E-state index contributed by atoms with van der Waals surface area (Å²) in [7, 11) is 4.32. The number of nitrogens with zero attached hydrogens (tertiary/aromatic N) is 2. The van der Waals surface area contributed by atoms with Gasteiger partial charge in [0, 0.05) is 23.8 Å². The molecule has 17 heavy (non-hydrogen) atoms. The lowest BCUT2D eigenvalue weighted by molar-refractivity contribution is 0.287. The molecule has 1 heterocycles. The molecule has 0 saturated carbocycles. The number of hydrogen-bond donors (Lipinski definition) is 0. The van der Waals surface area contributed by atoms with E-state index in [9.17, 15) is 0 Å². The molecule has 1 unspecified atom stereocenters. The van der Waals surface area contributed by atoms with Crippen molar-refractivity contribution >= 4 is 23.2 Å². The number of rotatable bonds is 1. The van der Waals surface area contributed by atoms with Crippen molar-refractivity contribution in [1.29, 1.82) is 0 Å². The van der Waals surface area contributed by atoms with Gasteiger partial charge in [-0.1, -0.05) is 18.2 Å². The number of likely N-dealkylation sites (N-methyl/N-ethyl adjacent to an activating group) is 1. The molecule has 0 fully saturated rings. The highest BCUT2D eigenvalue weighted by molar-refractivity contribution is 5.88. The topological polar surface area (TPSA) is 16.1 Å². The summed E-state index contributed by atoms with van der Waals surface area (Å²) in [6.07, 6.45) is 6.27. The first-order chi connectivity index (χ1) is 7.75. The molecular formula is C14H17ClN2. The number of halogens is 1. The Labute approximate surface area is 108 Å². The van der Waals surface area contributed by atoms with Gasteiger partial charge in [-0.25, -0.2) is 0 Å². The average molecular weight is 249 g/mol. The standard InChI is InChI=1S/C14H16N2.ClH/c1-16(2)13-6-10-4-3-5-11-8-15-9-12(7-13)14(10)11;/h3-5,8-9,13H,6-7H2,1-2H3;1H. The molecule has 1 aliphatic rings. The maximum Gasteiger partial charge on any atom is 0.0346 e. The van der Waals surface area contributed by atoms with Gasteiger partial charge in [-0.2, -0.15) is 0 Å². The molecule has 90 valence electrons. The SMILES string of the molecule is CN(C)C1Cc2cccc3cncc(c23)C1.Cl. The van der Waals surface area contributed by atoms with Crippen molar-refractivity contribution < 1.29 is 0 Å². The highest BCUT2D eigenvalue weighted by atomic mass is 35.5. The van der Waals surface area contributed by atoms with E-state index < -0.39 is 0 Å². The van der Waals surface area contributed by atoms with E-state index in [2.05, 4.69) is 42.2 Å². The summed E-state index contributed by atoms with van der Waals surface area (Å²) in [4.78, 5) is 6.65. The average Bonchev–Trinajstić information content (AvgIpc) is 2.29. The zero-order chi connectivity index (χ0) is 11.1. The molecule has 0 saturated heterocycles. The van der Waals surface area contributed by atoms with Crippen LogP contribution in [0, 0.1) is 0 Å². The van der Waals surface area contributed by atoms with Gasteiger partial charge in [-0.3, -0.25) is 4.98 Å². The zero-order valence-corrected chi connectivity index (χ0v) is 11.0.